The summed E-state index contributed by atoms with van der Waals surface area (Å²) in [6.07, 6.45) is 1.51. The van der Waals surface area contributed by atoms with Crippen molar-refractivity contribution in [3.8, 4) is 11.8 Å². The van der Waals surface area contributed by atoms with Gasteiger partial charge in [0.2, 0.25) is 5.95 Å². The first-order valence-corrected chi connectivity index (χ1v) is 7.17. The van der Waals surface area contributed by atoms with Gasteiger partial charge in [-0.3, -0.25) is 0 Å². The Morgan fingerprint density at radius 1 is 0.792 bits per heavy atom. The van der Waals surface area contributed by atoms with Crippen LogP contribution in [0.15, 0.2) is 71.0 Å². The van der Waals surface area contributed by atoms with E-state index >= 15 is 0 Å². The molecule has 3 rings (SSSR count). The molecule has 0 aliphatic carbocycles. The van der Waals surface area contributed by atoms with Crippen molar-refractivity contribution in [3.05, 3.63) is 71.9 Å². The Kier molecular flexibility index (Phi) is 4.45. The summed E-state index contributed by atoms with van der Waals surface area (Å²) >= 11 is 0. The highest BCUT2D eigenvalue weighted by molar-refractivity contribution is 5.54. The Morgan fingerprint density at radius 2 is 1.46 bits per heavy atom. The normalized spacial score (nSPS) is 10.3. The van der Waals surface area contributed by atoms with Crippen molar-refractivity contribution in [2.24, 2.45) is 10.2 Å². The molecular weight excluding hydrogens is 300 g/mol. The average molecular weight is 314 g/mol. The molecule has 0 aliphatic rings. The first kappa shape index (κ1) is 15.2. The maximum absolute atomic E-state index is 5.74. The minimum atomic E-state index is 0.131. The minimum Gasteiger partial charge on any atom is -0.382 e. The average Bonchev–Trinajstić information content (AvgIpc) is 2.61. The molecule has 0 saturated carbocycles. The van der Waals surface area contributed by atoms with E-state index < -0.39 is 0 Å². The van der Waals surface area contributed by atoms with Gasteiger partial charge in [0, 0.05) is 5.56 Å². The fourth-order valence-electron chi connectivity index (χ4n) is 1.87. The molecule has 0 radical (unpaired) electrons. The Morgan fingerprint density at radius 3 is 2.12 bits per heavy atom. The van der Waals surface area contributed by atoms with Crippen LogP contribution in [-0.2, 0) is 0 Å². The van der Waals surface area contributed by atoms with Crippen LogP contribution in [0.1, 0.15) is 11.1 Å². The van der Waals surface area contributed by atoms with Crippen LogP contribution in [0, 0.1) is 11.8 Å². The molecular formula is C18H14N6. The highest BCUT2D eigenvalue weighted by Gasteiger charge is 1.98. The van der Waals surface area contributed by atoms with Crippen LogP contribution in [0.4, 0.5) is 23.1 Å². The van der Waals surface area contributed by atoms with E-state index in [1.807, 2.05) is 54.6 Å². The van der Waals surface area contributed by atoms with Crippen molar-refractivity contribution in [3.63, 3.8) is 0 Å². The highest BCUT2D eigenvalue weighted by Crippen LogP contribution is 2.18. The molecule has 0 saturated heterocycles. The van der Waals surface area contributed by atoms with Crippen LogP contribution in [-0.4, -0.2) is 9.97 Å². The fourth-order valence-corrected chi connectivity index (χ4v) is 1.87. The number of hydrogen-bond acceptors (Lipinski definition) is 6. The molecule has 116 valence electrons. The van der Waals surface area contributed by atoms with Crippen molar-refractivity contribution >= 4 is 23.1 Å². The molecule has 2 aromatic carbocycles. The van der Waals surface area contributed by atoms with E-state index in [4.69, 9.17) is 11.5 Å². The number of nitrogens with zero attached hydrogens (tertiary/aromatic N) is 4. The van der Waals surface area contributed by atoms with Crippen molar-refractivity contribution in [1.29, 1.82) is 0 Å². The molecule has 6 heteroatoms. The number of nitrogen functional groups attached to an aromatic ring is 2. The first-order chi connectivity index (χ1) is 11.7. The van der Waals surface area contributed by atoms with Crippen molar-refractivity contribution in [1.82, 2.24) is 9.97 Å². The zero-order valence-electron chi connectivity index (χ0n) is 12.7. The SMILES string of the molecule is Nc1ncc(C#Cc2ccc(N=Nc3ccccc3)cc2)c(N)n1. The van der Waals surface area contributed by atoms with E-state index in [-0.39, 0.29) is 11.8 Å². The molecule has 0 atom stereocenters. The molecule has 0 aliphatic heterocycles. The zero-order chi connectivity index (χ0) is 16.8. The molecule has 0 unspecified atom stereocenters. The van der Waals surface area contributed by atoms with Gasteiger partial charge in [-0.15, -0.1) is 0 Å². The summed E-state index contributed by atoms with van der Waals surface area (Å²) in [5.74, 6) is 6.32. The maximum Gasteiger partial charge on any atom is 0.221 e. The largest absolute Gasteiger partial charge is 0.382 e. The quantitative estimate of drug-likeness (QED) is 0.558. The topological polar surface area (TPSA) is 103 Å². The van der Waals surface area contributed by atoms with Gasteiger partial charge in [-0.25, -0.2) is 4.98 Å². The maximum atomic E-state index is 5.74. The predicted octanol–water partition coefficient (Wildman–Crippen LogP) is 3.46. The minimum absolute atomic E-state index is 0.131. The summed E-state index contributed by atoms with van der Waals surface area (Å²) in [6, 6.07) is 17.0. The lowest BCUT2D eigenvalue weighted by molar-refractivity contribution is 1.18. The Hall–Kier alpha value is -3.72. The Bertz CT molecular complexity index is 921. The third-order valence-electron chi connectivity index (χ3n) is 3.08. The van der Waals surface area contributed by atoms with E-state index in [2.05, 4.69) is 32.0 Å². The van der Waals surface area contributed by atoms with Crippen molar-refractivity contribution in [2.75, 3.05) is 11.5 Å². The zero-order valence-corrected chi connectivity index (χ0v) is 12.7. The van der Waals surface area contributed by atoms with Crippen molar-refractivity contribution < 1.29 is 0 Å². The summed E-state index contributed by atoms with van der Waals surface area (Å²) in [4.78, 5) is 7.74. The van der Waals surface area contributed by atoms with Crippen LogP contribution in [0.5, 0.6) is 0 Å². The number of aromatic nitrogens is 2. The number of benzene rings is 2. The molecule has 6 nitrogen and oxygen atoms in total. The summed E-state index contributed by atoms with van der Waals surface area (Å²) < 4.78 is 0. The molecule has 1 aromatic heterocycles. The summed E-state index contributed by atoms with van der Waals surface area (Å²) in [5, 5.41) is 8.35. The van der Waals surface area contributed by atoms with Crippen LogP contribution in [0.2, 0.25) is 0 Å². The Labute approximate surface area is 139 Å². The lowest BCUT2D eigenvalue weighted by Crippen LogP contribution is -2.01. The monoisotopic (exact) mass is 314 g/mol. The second kappa shape index (κ2) is 7.03. The molecule has 24 heavy (non-hydrogen) atoms. The van der Waals surface area contributed by atoms with Crippen LogP contribution < -0.4 is 11.5 Å². The van der Waals surface area contributed by atoms with E-state index in [0.717, 1.165) is 16.9 Å². The fraction of sp³-hybridized carbons (Fsp3) is 0. The van der Waals surface area contributed by atoms with Crippen LogP contribution in [0.3, 0.4) is 0 Å². The van der Waals surface area contributed by atoms with Gasteiger partial charge >= 0.3 is 0 Å². The molecule has 4 N–H and O–H groups in total. The smallest absolute Gasteiger partial charge is 0.221 e. The van der Waals surface area contributed by atoms with Gasteiger partial charge in [0.05, 0.1) is 23.1 Å². The molecule has 3 aromatic rings. The van der Waals surface area contributed by atoms with Crippen LogP contribution in [0.25, 0.3) is 0 Å². The third-order valence-corrected chi connectivity index (χ3v) is 3.08. The number of nitrogens with two attached hydrogens (primary N) is 2. The number of hydrogen-bond donors (Lipinski definition) is 2. The molecule has 0 fully saturated rings. The van der Waals surface area contributed by atoms with Gasteiger partial charge in [-0.05, 0) is 36.4 Å². The second-order valence-electron chi connectivity index (χ2n) is 4.86. The van der Waals surface area contributed by atoms with Crippen LogP contribution >= 0.6 is 0 Å². The molecule has 0 spiro atoms. The molecule has 1 heterocycles. The lowest BCUT2D eigenvalue weighted by Gasteiger charge is -1.97. The molecule has 0 amide bonds. The van der Waals surface area contributed by atoms with E-state index in [1.165, 1.54) is 6.20 Å². The van der Waals surface area contributed by atoms with Gasteiger partial charge in [0.15, 0.2) is 0 Å². The number of azo groups is 1. The molecule has 0 bridgehead atoms. The van der Waals surface area contributed by atoms with E-state index in [0.29, 0.717) is 5.56 Å². The summed E-state index contributed by atoms with van der Waals surface area (Å²) in [7, 11) is 0. The summed E-state index contributed by atoms with van der Waals surface area (Å²) in [5.41, 5.74) is 14.1. The van der Waals surface area contributed by atoms with Gasteiger partial charge in [0.1, 0.15) is 5.82 Å². The Balaban J connectivity index is 1.73. The summed E-state index contributed by atoms with van der Waals surface area (Å²) in [6.45, 7) is 0. The number of rotatable bonds is 2. The predicted molar refractivity (Wildman–Crippen MR) is 93.9 cm³/mol. The van der Waals surface area contributed by atoms with Crippen molar-refractivity contribution in [2.45, 2.75) is 0 Å². The third kappa shape index (κ3) is 3.93. The van der Waals surface area contributed by atoms with Gasteiger partial charge in [0.25, 0.3) is 0 Å². The highest BCUT2D eigenvalue weighted by atomic mass is 15.1. The second-order valence-corrected chi connectivity index (χ2v) is 4.86. The van der Waals surface area contributed by atoms with E-state index in [9.17, 15) is 0 Å². The first-order valence-electron chi connectivity index (χ1n) is 7.17. The van der Waals surface area contributed by atoms with Gasteiger partial charge in [-0.2, -0.15) is 15.2 Å². The lowest BCUT2D eigenvalue weighted by atomic mass is 10.2. The standard InChI is InChI=1S/C18H14N6/c19-17-14(12-21-18(20)22-17)9-6-13-7-10-16(11-8-13)24-23-15-4-2-1-3-5-15/h1-5,7-8,10-12H,(H4,19,20,21,22). The van der Waals surface area contributed by atoms with Gasteiger partial charge < -0.3 is 11.5 Å². The van der Waals surface area contributed by atoms with E-state index in [1.54, 1.807) is 0 Å². The van der Waals surface area contributed by atoms with Gasteiger partial charge in [-0.1, -0.05) is 30.0 Å². The number of anilines is 2.